The predicted octanol–water partition coefficient (Wildman–Crippen LogP) is 5.84. The highest BCUT2D eigenvalue weighted by atomic mass is 19.4. The van der Waals surface area contributed by atoms with Gasteiger partial charge in [0, 0.05) is 22.8 Å². The molecule has 33 heavy (non-hydrogen) atoms. The van der Waals surface area contributed by atoms with E-state index in [4.69, 9.17) is 4.74 Å². The van der Waals surface area contributed by atoms with E-state index in [1.807, 2.05) is 0 Å². The molecule has 0 spiro atoms. The zero-order valence-corrected chi connectivity index (χ0v) is 19.8. The van der Waals surface area contributed by atoms with E-state index >= 15 is 0 Å². The van der Waals surface area contributed by atoms with E-state index in [1.54, 1.807) is 0 Å². The van der Waals surface area contributed by atoms with Crippen LogP contribution in [0, 0.1) is 5.82 Å². The van der Waals surface area contributed by atoms with Crippen molar-refractivity contribution in [3.8, 4) is 5.75 Å². The summed E-state index contributed by atoms with van der Waals surface area (Å²) in [6.45, 7) is 8.68. The minimum absolute atomic E-state index is 0.0116. The molecule has 0 amide bonds. The summed E-state index contributed by atoms with van der Waals surface area (Å²) >= 11 is 0. The Kier molecular flexibility index (Phi) is 6.79. The molecule has 0 bridgehead atoms. The average molecular weight is 470 g/mol. The number of aromatic nitrogens is 2. The summed E-state index contributed by atoms with van der Waals surface area (Å²) in [6.07, 6.45) is -1.09. The largest absolute Gasteiger partial charge is 0.496 e. The SMILES string of the molecule is COc1ccc(Nc2ncc(F)c(NC3CCC(C)(C)N(C)C(C)(C)C3)n2)cc1C(F)(F)F. The van der Waals surface area contributed by atoms with Gasteiger partial charge in [-0.15, -0.1) is 0 Å². The van der Waals surface area contributed by atoms with Crippen LogP contribution in [0.4, 0.5) is 35.0 Å². The molecule has 1 aliphatic heterocycles. The molecule has 2 aromatic rings. The van der Waals surface area contributed by atoms with Gasteiger partial charge in [-0.1, -0.05) is 0 Å². The van der Waals surface area contributed by atoms with Gasteiger partial charge in [-0.2, -0.15) is 18.2 Å². The van der Waals surface area contributed by atoms with Crippen molar-refractivity contribution in [1.82, 2.24) is 14.9 Å². The molecule has 1 unspecified atom stereocenters. The number of ether oxygens (including phenoxy) is 1. The lowest BCUT2D eigenvalue weighted by molar-refractivity contribution is -0.138. The summed E-state index contributed by atoms with van der Waals surface area (Å²) in [7, 11) is 3.27. The van der Waals surface area contributed by atoms with Gasteiger partial charge in [0.2, 0.25) is 5.95 Å². The molecular formula is C23H31F4N5O. The van der Waals surface area contributed by atoms with E-state index < -0.39 is 17.6 Å². The molecule has 1 fully saturated rings. The molecule has 0 saturated carbocycles. The lowest BCUT2D eigenvalue weighted by Gasteiger charge is -2.44. The molecule has 6 nitrogen and oxygen atoms in total. The van der Waals surface area contributed by atoms with Crippen LogP contribution in [0.15, 0.2) is 24.4 Å². The third-order valence-electron chi connectivity index (χ3n) is 6.51. The number of rotatable bonds is 5. The summed E-state index contributed by atoms with van der Waals surface area (Å²) in [5.41, 5.74) is -0.955. The number of nitrogens with one attached hydrogen (secondary N) is 2. The topological polar surface area (TPSA) is 62.3 Å². The van der Waals surface area contributed by atoms with Crippen LogP contribution < -0.4 is 15.4 Å². The Labute approximate surface area is 191 Å². The van der Waals surface area contributed by atoms with Gasteiger partial charge in [0.1, 0.15) is 5.75 Å². The van der Waals surface area contributed by atoms with Crippen LogP contribution in [0.3, 0.4) is 0 Å². The third kappa shape index (κ3) is 5.66. The Morgan fingerprint density at radius 2 is 1.85 bits per heavy atom. The molecule has 182 valence electrons. The molecular weight excluding hydrogens is 438 g/mol. The fraction of sp³-hybridized carbons (Fsp3) is 0.565. The van der Waals surface area contributed by atoms with Gasteiger partial charge >= 0.3 is 6.18 Å². The van der Waals surface area contributed by atoms with Crippen LogP contribution in [0.25, 0.3) is 0 Å². The first-order chi connectivity index (χ1) is 15.2. The van der Waals surface area contributed by atoms with Crippen LogP contribution >= 0.6 is 0 Å². The maximum atomic E-state index is 14.5. The first kappa shape index (κ1) is 25.0. The quantitative estimate of drug-likeness (QED) is 0.537. The van der Waals surface area contributed by atoms with E-state index in [0.29, 0.717) is 0 Å². The summed E-state index contributed by atoms with van der Waals surface area (Å²) in [6, 6.07) is 3.50. The zero-order valence-electron chi connectivity index (χ0n) is 19.8. The minimum Gasteiger partial charge on any atom is -0.496 e. The predicted molar refractivity (Wildman–Crippen MR) is 120 cm³/mol. The first-order valence-corrected chi connectivity index (χ1v) is 10.8. The Balaban J connectivity index is 1.82. The second kappa shape index (κ2) is 8.96. The van der Waals surface area contributed by atoms with Crippen LogP contribution in [0.2, 0.25) is 0 Å². The van der Waals surface area contributed by atoms with Crippen molar-refractivity contribution < 1.29 is 22.3 Å². The number of likely N-dealkylation sites (tertiary alicyclic amines) is 1. The first-order valence-electron chi connectivity index (χ1n) is 10.8. The number of methoxy groups -OCH3 is 1. The summed E-state index contributed by atoms with van der Waals surface area (Å²) in [5, 5.41) is 5.92. The highest BCUT2D eigenvalue weighted by Crippen LogP contribution is 2.39. The van der Waals surface area contributed by atoms with Crippen molar-refractivity contribution in [3.05, 3.63) is 35.8 Å². The van der Waals surface area contributed by atoms with Gasteiger partial charge < -0.3 is 15.4 Å². The molecule has 1 aromatic carbocycles. The van der Waals surface area contributed by atoms with E-state index in [0.717, 1.165) is 31.5 Å². The van der Waals surface area contributed by atoms with Crippen LogP contribution in [0.5, 0.6) is 5.75 Å². The van der Waals surface area contributed by atoms with E-state index in [-0.39, 0.29) is 40.3 Å². The summed E-state index contributed by atoms with van der Waals surface area (Å²) in [5.74, 6) is -0.914. The van der Waals surface area contributed by atoms with Crippen molar-refractivity contribution in [2.24, 2.45) is 0 Å². The lowest BCUT2D eigenvalue weighted by Crippen LogP contribution is -2.52. The van der Waals surface area contributed by atoms with Crippen molar-refractivity contribution in [2.75, 3.05) is 24.8 Å². The molecule has 0 aliphatic carbocycles. The Morgan fingerprint density at radius 1 is 1.15 bits per heavy atom. The van der Waals surface area contributed by atoms with Crippen LogP contribution in [-0.4, -0.2) is 46.1 Å². The Bertz CT molecular complexity index is 993. The van der Waals surface area contributed by atoms with Gasteiger partial charge in [0.25, 0.3) is 0 Å². The van der Waals surface area contributed by atoms with Crippen molar-refractivity contribution in [3.63, 3.8) is 0 Å². The number of hydrogen-bond donors (Lipinski definition) is 2. The van der Waals surface area contributed by atoms with Gasteiger partial charge in [-0.25, -0.2) is 9.37 Å². The average Bonchev–Trinajstić information content (AvgIpc) is 2.79. The molecule has 2 N–H and O–H groups in total. The van der Waals surface area contributed by atoms with Gasteiger partial charge in [0.15, 0.2) is 11.6 Å². The molecule has 1 aromatic heterocycles. The molecule has 1 saturated heterocycles. The van der Waals surface area contributed by atoms with E-state index in [1.165, 1.54) is 19.2 Å². The summed E-state index contributed by atoms with van der Waals surface area (Å²) < 4.78 is 59.2. The molecule has 3 rings (SSSR count). The van der Waals surface area contributed by atoms with Crippen molar-refractivity contribution in [2.45, 2.75) is 70.3 Å². The minimum atomic E-state index is -4.59. The maximum absolute atomic E-state index is 14.5. The van der Waals surface area contributed by atoms with E-state index in [2.05, 4.69) is 60.2 Å². The van der Waals surface area contributed by atoms with Gasteiger partial charge in [-0.3, -0.25) is 4.90 Å². The number of halogens is 4. The Morgan fingerprint density at radius 3 is 2.48 bits per heavy atom. The third-order valence-corrected chi connectivity index (χ3v) is 6.51. The van der Waals surface area contributed by atoms with Gasteiger partial charge in [-0.05, 0) is 72.2 Å². The maximum Gasteiger partial charge on any atom is 0.420 e. The second-order valence-electron chi connectivity index (χ2n) is 9.70. The fourth-order valence-corrected chi connectivity index (χ4v) is 4.34. The van der Waals surface area contributed by atoms with Crippen molar-refractivity contribution in [1.29, 1.82) is 0 Å². The van der Waals surface area contributed by atoms with Crippen LogP contribution in [0.1, 0.15) is 52.5 Å². The van der Waals surface area contributed by atoms with E-state index in [9.17, 15) is 17.6 Å². The lowest BCUT2D eigenvalue weighted by atomic mass is 9.92. The smallest absolute Gasteiger partial charge is 0.420 e. The van der Waals surface area contributed by atoms with Crippen molar-refractivity contribution >= 4 is 17.5 Å². The Hall–Kier alpha value is -2.62. The number of anilines is 3. The highest BCUT2D eigenvalue weighted by molar-refractivity contribution is 5.59. The number of hydrogen-bond acceptors (Lipinski definition) is 6. The fourth-order valence-electron chi connectivity index (χ4n) is 4.34. The van der Waals surface area contributed by atoms with Crippen LogP contribution in [-0.2, 0) is 6.18 Å². The monoisotopic (exact) mass is 469 g/mol. The molecule has 0 radical (unpaired) electrons. The highest BCUT2D eigenvalue weighted by Gasteiger charge is 2.40. The van der Waals surface area contributed by atoms with Gasteiger partial charge in [0.05, 0.1) is 18.9 Å². The second-order valence-corrected chi connectivity index (χ2v) is 9.70. The molecule has 1 atom stereocenters. The normalized spacial score (nSPS) is 20.7. The molecule has 10 heteroatoms. The number of nitrogens with zero attached hydrogens (tertiary/aromatic N) is 3. The molecule has 2 heterocycles. The summed E-state index contributed by atoms with van der Waals surface area (Å²) in [4.78, 5) is 10.4. The molecule has 1 aliphatic rings. The number of benzene rings is 1. The number of alkyl halides is 3. The standard InChI is InChI=1S/C23H31F4N5O/c1-21(2)10-9-15(12-22(3,4)32(21)5)29-19-17(24)13-28-20(31-19)30-14-7-8-18(33-6)16(11-14)23(25,26)27/h7-8,11,13,15H,9-10,12H2,1-6H3,(H2,28,29,30,31). The zero-order chi connectivity index (χ0) is 24.6.